The van der Waals surface area contributed by atoms with E-state index in [0.29, 0.717) is 0 Å². The highest BCUT2D eigenvalue weighted by Gasteiger charge is 2.51. The second-order valence-electron chi connectivity index (χ2n) is 5.48. The van der Waals surface area contributed by atoms with Crippen molar-refractivity contribution in [2.45, 2.75) is 42.7 Å². The van der Waals surface area contributed by atoms with Gasteiger partial charge in [0.05, 0.1) is 26.6 Å². The van der Waals surface area contributed by atoms with E-state index >= 15 is 0 Å². The molecule has 6 N–H and O–H groups in total. The van der Waals surface area contributed by atoms with Gasteiger partial charge in [-0.15, -0.1) is 0 Å². The summed E-state index contributed by atoms with van der Waals surface area (Å²) < 4.78 is 18.9. The van der Waals surface area contributed by atoms with Gasteiger partial charge in [-0.1, -0.05) is 0 Å². The maximum atomic E-state index is 11.3. The van der Waals surface area contributed by atoms with Crippen molar-refractivity contribution < 1.29 is 63.8 Å². The first kappa shape index (κ1) is 22.9. The van der Waals surface area contributed by atoms with Crippen LogP contribution in [0.15, 0.2) is 0 Å². The summed E-state index contributed by atoms with van der Waals surface area (Å²) in [5.74, 6) is -6.39. The summed E-state index contributed by atoms with van der Waals surface area (Å²) in [4.78, 5) is 43.1. The largest absolute Gasteiger partial charge is 0.790 e. The first-order chi connectivity index (χ1) is 11.8. The Kier molecular flexibility index (Phi) is 7.62. The van der Waals surface area contributed by atoms with Crippen molar-refractivity contribution in [3.8, 4) is 0 Å². The van der Waals surface area contributed by atoms with Gasteiger partial charge in [0, 0.05) is 6.42 Å². The summed E-state index contributed by atoms with van der Waals surface area (Å²) in [5, 5.41) is 61.2. The van der Waals surface area contributed by atoms with E-state index in [0.717, 1.165) is 0 Å². The molecular formula is C11H17NO13P-3. The summed E-state index contributed by atoms with van der Waals surface area (Å²) in [5.41, 5.74) is 0. The summed E-state index contributed by atoms with van der Waals surface area (Å²) in [6.45, 7) is -2.32. The van der Waals surface area contributed by atoms with E-state index in [1.807, 2.05) is 5.32 Å². The van der Waals surface area contributed by atoms with E-state index in [1.54, 1.807) is 0 Å². The van der Waals surface area contributed by atoms with Crippen LogP contribution in [0.4, 0.5) is 0 Å². The number of ether oxygens (including phenoxy) is 1. The zero-order valence-electron chi connectivity index (χ0n) is 13.0. The number of carboxylic acids is 1. The molecule has 1 saturated heterocycles. The molecule has 1 heterocycles. The fourth-order valence-corrected chi connectivity index (χ4v) is 2.62. The van der Waals surface area contributed by atoms with Crippen molar-refractivity contribution in [1.82, 2.24) is 5.32 Å². The third kappa shape index (κ3) is 5.92. The molecule has 14 nitrogen and oxygen atoms in total. The monoisotopic (exact) mass is 402 g/mol. The number of rotatable bonds is 8. The third-order valence-corrected chi connectivity index (χ3v) is 3.98. The predicted octanol–water partition coefficient (Wildman–Crippen LogP) is -7.38. The van der Waals surface area contributed by atoms with E-state index in [2.05, 4.69) is 4.52 Å². The van der Waals surface area contributed by atoms with E-state index in [4.69, 9.17) is 9.84 Å². The SMILES string of the molecule is O=C(CO)N[C@H]1[C@H]([C@H](O)[C@H](O)COP(=O)([O-])[O-])OC(O)(C(=O)[O-])C[C@@H]1O. The molecule has 1 aliphatic rings. The fraction of sp³-hybridized carbons (Fsp3) is 0.818. The van der Waals surface area contributed by atoms with Crippen molar-refractivity contribution >= 4 is 19.7 Å². The van der Waals surface area contributed by atoms with Gasteiger partial charge in [0.1, 0.15) is 30.9 Å². The van der Waals surface area contributed by atoms with Crippen LogP contribution in [0.2, 0.25) is 0 Å². The summed E-state index contributed by atoms with van der Waals surface area (Å²) in [7, 11) is -5.51. The van der Waals surface area contributed by atoms with Crippen LogP contribution in [-0.4, -0.2) is 86.9 Å². The van der Waals surface area contributed by atoms with Gasteiger partial charge in [-0.2, -0.15) is 0 Å². The number of amides is 1. The molecule has 1 fully saturated rings. The molecule has 1 aliphatic heterocycles. The lowest BCUT2D eigenvalue weighted by Crippen LogP contribution is -2.69. The third-order valence-electron chi connectivity index (χ3n) is 3.51. The van der Waals surface area contributed by atoms with Crippen LogP contribution < -0.4 is 20.2 Å². The Morgan fingerprint density at radius 1 is 1.38 bits per heavy atom. The molecule has 152 valence electrons. The Morgan fingerprint density at radius 3 is 2.42 bits per heavy atom. The van der Waals surface area contributed by atoms with Crippen molar-refractivity contribution in [2.24, 2.45) is 0 Å². The number of phosphoric ester groups is 1. The van der Waals surface area contributed by atoms with Gasteiger partial charge < -0.3 is 64.4 Å². The topological polar surface area (TPSA) is 252 Å². The molecule has 1 amide bonds. The lowest BCUT2D eigenvalue weighted by molar-refractivity contribution is -0.374. The van der Waals surface area contributed by atoms with Crippen LogP contribution >= 0.6 is 7.82 Å². The van der Waals surface area contributed by atoms with Crippen LogP contribution in [0, 0.1) is 0 Å². The molecular weight excluding hydrogens is 385 g/mol. The number of aliphatic hydroxyl groups is 5. The minimum atomic E-state index is -5.51. The first-order valence-corrected chi connectivity index (χ1v) is 8.49. The number of carbonyl (C=O) groups excluding carboxylic acids is 2. The number of carbonyl (C=O) groups is 2. The van der Waals surface area contributed by atoms with E-state index < -0.39 is 75.6 Å². The molecule has 1 unspecified atom stereocenters. The van der Waals surface area contributed by atoms with E-state index in [1.165, 1.54) is 0 Å². The Balaban J connectivity index is 3.04. The lowest BCUT2D eigenvalue weighted by atomic mass is 9.88. The van der Waals surface area contributed by atoms with Gasteiger partial charge in [0.25, 0.3) is 0 Å². The molecule has 26 heavy (non-hydrogen) atoms. The number of phosphoric acid groups is 1. The Bertz CT molecular complexity index is 566. The molecule has 0 aromatic rings. The zero-order valence-corrected chi connectivity index (χ0v) is 13.9. The maximum Gasteiger partial charge on any atom is 0.246 e. The number of aliphatic hydroxyl groups excluding tert-OH is 4. The van der Waals surface area contributed by atoms with Gasteiger partial charge in [0.2, 0.25) is 11.7 Å². The maximum absolute atomic E-state index is 11.3. The second kappa shape index (κ2) is 8.67. The second-order valence-corrected chi connectivity index (χ2v) is 6.63. The van der Waals surface area contributed by atoms with Gasteiger partial charge >= 0.3 is 0 Å². The van der Waals surface area contributed by atoms with Crippen molar-refractivity contribution in [1.29, 1.82) is 0 Å². The average molecular weight is 402 g/mol. The number of hydrogen-bond acceptors (Lipinski definition) is 13. The van der Waals surface area contributed by atoms with Crippen LogP contribution in [0.3, 0.4) is 0 Å². The van der Waals surface area contributed by atoms with E-state index in [9.17, 15) is 49.5 Å². The molecule has 15 heteroatoms. The number of aliphatic carboxylic acids is 1. The molecule has 0 bridgehead atoms. The summed E-state index contributed by atoms with van der Waals surface area (Å²) in [6.07, 6.45) is -9.28. The smallest absolute Gasteiger partial charge is 0.246 e. The van der Waals surface area contributed by atoms with Crippen LogP contribution in [0.25, 0.3) is 0 Å². The lowest BCUT2D eigenvalue weighted by Gasteiger charge is -2.47. The molecule has 0 aliphatic carbocycles. The predicted molar refractivity (Wildman–Crippen MR) is 70.0 cm³/mol. The van der Waals surface area contributed by atoms with Gasteiger partial charge in [-0.05, 0) is 0 Å². The molecule has 0 aromatic carbocycles. The normalized spacial score (nSPS) is 31.9. The van der Waals surface area contributed by atoms with Crippen molar-refractivity contribution in [3.05, 3.63) is 0 Å². The molecule has 1 rings (SSSR count). The summed E-state index contributed by atoms with van der Waals surface area (Å²) in [6, 6.07) is -1.63. The summed E-state index contributed by atoms with van der Waals surface area (Å²) >= 11 is 0. The van der Waals surface area contributed by atoms with Crippen LogP contribution in [0.5, 0.6) is 0 Å². The van der Waals surface area contributed by atoms with Gasteiger partial charge in [-0.3, -0.25) is 4.79 Å². The molecule has 6 atom stereocenters. The van der Waals surface area contributed by atoms with Crippen molar-refractivity contribution in [3.63, 3.8) is 0 Å². The standard InChI is InChI=1S/C11H20NO13P/c13-2-6(16)12-7-4(14)1-11(20,10(18)19)25-9(7)8(17)5(15)3-24-26(21,22)23/h4-5,7-9,13-15,17,20H,1-3H2,(H,12,16)(H,18,19)(H2,21,22,23)/p-3/t4-,5+,7+,8+,9+,11?/m0/s1. The van der Waals surface area contributed by atoms with Gasteiger partial charge in [-0.25, -0.2) is 0 Å². The first-order valence-electron chi connectivity index (χ1n) is 7.03. The fourth-order valence-electron chi connectivity index (χ4n) is 2.28. The molecule has 0 saturated carbocycles. The highest BCUT2D eigenvalue weighted by atomic mass is 31.2. The number of nitrogens with one attached hydrogen (secondary N) is 1. The average Bonchev–Trinajstić information content (AvgIpc) is 2.53. The Morgan fingerprint density at radius 2 is 1.96 bits per heavy atom. The Labute approximate surface area is 145 Å². The highest BCUT2D eigenvalue weighted by molar-refractivity contribution is 7.43. The van der Waals surface area contributed by atoms with Crippen LogP contribution in [-0.2, 0) is 23.4 Å². The minimum Gasteiger partial charge on any atom is -0.790 e. The molecule has 0 aromatic heterocycles. The Hall–Kier alpha value is -1.19. The number of carboxylic acid groups (broad SMARTS) is 1. The van der Waals surface area contributed by atoms with E-state index in [-0.39, 0.29) is 0 Å². The number of hydrogen-bond donors (Lipinski definition) is 6. The van der Waals surface area contributed by atoms with Crippen molar-refractivity contribution in [2.75, 3.05) is 13.2 Å². The molecule has 0 spiro atoms. The minimum absolute atomic E-state index is 1.00. The van der Waals surface area contributed by atoms with Crippen LogP contribution in [0.1, 0.15) is 6.42 Å². The quantitative estimate of drug-likeness (QED) is 0.207. The molecule has 0 radical (unpaired) electrons. The van der Waals surface area contributed by atoms with Gasteiger partial charge in [0.15, 0.2) is 0 Å². The highest BCUT2D eigenvalue weighted by Crippen LogP contribution is 2.31. The zero-order chi connectivity index (χ0) is 20.3.